The third-order valence-corrected chi connectivity index (χ3v) is 5.33. The Bertz CT molecular complexity index is 1250. The van der Waals surface area contributed by atoms with Gasteiger partial charge in [-0.05, 0) is 48.0 Å². The first kappa shape index (κ1) is 22.6. The summed E-state index contributed by atoms with van der Waals surface area (Å²) in [7, 11) is 0. The Morgan fingerprint density at radius 1 is 0.824 bits per heavy atom. The second-order valence-corrected chi connectivity index (χ2v) is 7.71. The SMILES string of the molecule is CC(C(=O)C(C)c1ccc(Cn2ccc([N+](=O)[O-])n2)o1)c1ccc(Cn2ccc([N+](=O)[O-])n2)o1. The summed E-state index contributed by atoms with van der Waals surface area (Å²) in [6.07, 6.45) is 2.96. The maximum Gasteiger partial charge on any atom is 0.389 e. The molecule has 0 saturated carbocycles. The molecule has 0 aromatic carbocycles. The molecule has 0 amide bonds. The predicted molar refractivity (Wildman–Crippen MR) is 115 cm³/mol. The van der Waals surface area contributed by atoms with Gasteiger partial charge in [0.25, 0.3) is 0 Å². The number of rotatable bonds is 10. The largest absolute Gasteiger partial charge is 0.463 e. The molecule has 0 fully saturated rings. The van der Waals surface area contributed by atoms with Crippen molar-refractivity contribution in [2.24, 2.45) is 0 Å². The molecule has 34 heavy (non-hydrogen) atoms. The van der Waals surface area contributed by atoms with Crippen molar-refractivity contribution < 1.29 is 23.5 Å². The molecule has 4 heterocycles. The van der Waals surface area contributed by atoms with Crippen LogP contribution in [0.3, 0.4) is 0 Å². The highest BCUT2D eigenvalue weighted by atomic mass is 16.6. The molecule has 176 valence electrons. The lowest BCUT2D eigenvalue weighted by molar-refractivity contribution is -0.390. The van der Waals surface area contributed by atoms with E-state index in [1.165, 1.54) is 33.9 Å². The van der Waals surface area contributed by atoms with E-state index in [9.17, 15) is 25.0 Å². The van der Waals surface area contributed by atoms with Crippen LogP contribution in [0.4, 0.5) is 11.6 Å². The Labute approximate surface area is 191 Å². The van der Waals surface area contributed by atoms with Crippen molar-refractivity contribution in [3.8, 4) is 0 Å². The van der Waals surface area contributed by atoms with Crippen LogP contribution < -0.4 is 0 Å². The topological polar surface area (TPSA) is 165 Å². The van der Waals surface area contributed by atoms with Crippen molar-refractivity contribution in [3.05, 3.63) is 92.1 Å². The first-order valence-corrected chi connectivity index (χ1v) is 10.3. The van der Waals surface area contributed by atoms with E-state index in [0.29, 0.717) is 23.0 Å². The fourth-order valence-electron chi connectivity index (χ4n) is 3.47. The zero-order valence-corrected chi connectivity index (χ0v) is 18.2. The molecule has 0 radical (unpaired) electrons. The number of furan rings is 2. The fraction of sp³-hybridized carbons (Fsp3) is 0.286. The van der Waals surface area contributed by atoms with E-state index < -0.39 is 21.7 Å². The van der Waals surface area contributed by atoms with Gasteiger partial charge < -0.3 is 29.1 Å². The Morgan fingerprint density at radius 2 is 1.24 bits per heavy atom. The Hall–Kier alpha value is -4.55. The van der Waals surface area contributed by atoms with Gasteiger partial charge in [0, 0.05) is 0 Å². The van der Waals surface area contributed by atoms with Crippen molar-refractivity contribution in [3.63, 3.8) is 0 Å². The number of carbonyl (C=O) groups excluding carboxylic acids is 1. The molecule has 0 aliphatic rings. The lowest BCUT2D eigenvalue weighted by Gasteiger charge is -2.13. The van der Waals surface area contributed by atoms with Gasteiger partial charge in [-0.3, -0.25) is 4.79 Å². The highest BCUT2D eigenvalue weighted by Gasteiger charge is 2.27. The number of hydrogen-bond donors (Lipinski definition) is 0. The molecular formula is C21H20N6O7. The van der Waals surface area contributed by atoms with Gasteiger partial charge >= 0.3 is 11.6 Å². The summed E-state index contributed by atoms with van der Waals surface area (Å²) < 4.78 is 14.3. The standard InChI is InChI=1S/C21H20N6O7/c1-13(17-5-3-15(33-17)11-24-9-7-19(22-24)26(29)30)21(28)14(2)18-6-4-16(34-18)12-25-10-8-20(23-25)27(31)32/h3-10,13-14H,11-12H2,1-2H3. The van der Waals surface area contributed by atoms with Crippen LogP contribution in [0.25, 0.3) is 0 Å². The summed E-state index contributed by atoms with van der Waals surface area (Å²) in [5.74, 6) is 0.193. The molecule has 0 aliphatic carbocycles. The first-order chi connectivity index (χ1) is 16.2. The highest BCUT2D eigenvalue weighted by molar-refractivity contribution is 5.90. The molecule has 2 unspecified atom stereocenters. The van der Waals surface area contributed by atoms with Crippen molar-refractivity contribution >= 4 is 17.4 Å². The molecule has 4 rings (SSSR count). The maximum absolute atomic E-state index is 13.0. The molecule has 0 saturated heterocycles. The lowest BCUT2D eigenvalue weighted by Crippen LogP contribution is -2.15. The monoisotopic (exact) mass is 468 g/mol. The van der Waals surface area contributed by atoms with Crippen LogP contribution in [0, 0.1) is 20.2 Å². The van der Waals surface area contributed by atoms with Crippen molar-refractivity contribution in [2.45, 2.75) is 38.8 Å². The number of nitro groups is 2. The normalized spacial score (nSPS) is 13.0. The minimum absolute atomic E-state index is 0.119. The van der Waals surface area contributed by atoms with Crippen molar-refractivity contribution in [2.75, 3.05) is 0 Å². The number of nitrogens with zero attached hydrogens (tertiary/aromatic N) is 6. The van der Waals surface area contributed by atoms with Gasteiger partial charge in [0.05, 0.1) is 46.6 Å². The van der Waals surface area contributed by atoms with E-state index in [2.05, 4.69) is 10.2 Å². The fourth-order valence-corrected chi connectivity index (χ4v) is 3.47. The molecule has 0 spiro atoms. The summed E-state index contributed by atoms with van der Waals surface area (Å²) >= 11 is 0. The van der Waals surface area contributed by atoms with E-state index in [-0.39, 0.29) is 30.5 Å². The third kappa shape index (κ3) is 4.77. The average molecular weight is 468 g/mol. The number of Topliss-reactive ketones (excluding diaryl/α,β-unsaturated/α-hetero) is 1. The smallest absolute Gasteiger partial charge is 0.389 e. The molecule has 0 bridgehead atoms. The second kappa shape index (κ2) is 9.13. The van der Waals surface area contributed by atoms with Gasteiger partial charge in [-0.25, -0.2) is 0 Å². The summed E-state index contributed by atoms with van der Waals surface area (Å²) in [5, 5.41) is 29.2. The number of hydrogen-bond acceptors (Lipinski definition) is 9. The molecular weight excluding hydrogens is 448 g/mol. The summed E-state index contributed by atoms with van der Waals surface area (Å²) in [6, 6.07) is 9.38. The van der Waals surface area contributed by atoms with Crippen LogP contribution in [0.1, 0.15) is 48.7 Å². The molecule has 4 aromatic heterocycles. The Morgan fingerprint density at radius 3 is 1.59 bits per heavy atom. The van der Waals surface area contributed by atoms with Gasteiger partial charge in [-0.1, -0.05) is 0 Å². The molecule has 0 aliphatic heterocycles. The van der Waals surface area contributed by atoms with Crippen molar-refractivity contribution in [1.29, 1.82) is 0 Å². The van der Waals surface area contributed by atoms with E-state index in [4.69, 9.17) is 8.83 Å². The number of aromatic nitrogens is 4. The second-order valence-electron chi connectivity index (χ2n) is 7.71. The van der Waals surface area contributed by atoms with E-state index >= 15 is 0 Å². The summed E-state index contributed by atoms with van der Waals surface area (Å²) in [6.45, 7) is 3.84. The van der Waals surface area contributed by atoms with Crippen LogP contribution >= 0.6 is 0 Å². The Kier molecular flexibility index (Phi) is 6.08. The van der Waals surface area contributed by atoms with Crippen LogP contribution in [-0.4, -0.2) is 35.2 Å². The van der Waals surface area contributed by atoms with Crippen molar-refractivity contribution in [1.82, 2.24) is 19.6 Å². The quantitative estimate of drug-likeness (QED) is 0.249. The molecule has 4 aromatic rings. The number of ketones is 1. The zero-order valence-electron chi connectivity index (χ0n) is 18.2. The molecule has 13 heteroatoms. The van der Waals surface area contributed by atoms with Gasteiger partial charge in [0.15, 0.2) is 5.78 Å². The molecule has 13 nitrogen and oxygen atoms in total. The van der Waals surface area contributed by atoms with E-state index in [1.54, 1.807) is 38.1 Å². The lowest BCUT2D eigenvalue weighted by atomic mass is 9.92. The van der Waals surface area contributed by atoms with Crippen LogP contribution in [0.5, 0.6) is 0 Å². The highest BCUT2D eigenvalue weighted by Crippen LogP contribution is 2.29. The molecule has 0 N–H and O–H groups in total. The van der Waals surface area contributed by atoms with Crippen LogP contribution in [0.15, 0.2) is 57.6 Å². The summed E-state index contributed by atoms with van der Waals surface area (Å²) in [4.78, 5) is 33.4. The van der Waals surface area contributed by atoms with E-state index in [0.717, 1.165) is 0 Å². The minimum atomic E-state index is -0.578. The molecule has 2 atom stereocenters. The number of carbonyl (C=O) groups is 1. The maximum atomic E-state index is 13.0. The summed E-state index contributed by atoms with van der Waals surface area (Å²) in [5.41, 5.74) is 0. The van der Waals surface area contributed by atoms with Gasteiger partial charge in [-0.15, -0.1) is 0 Å². The van der Waals surface area contributed by atoms with Gasteiger partial charge in [-0.2, -0.15) is 9.36 Å². The van der Waals surface area contributed by atoms with Gasteiger partial charge in [0.2, 0.25) is 0 Å². The predicted octanol–water partition coefficient (Wildman–Crippen LogP) is 3.65. The van der Waals surface area contributed by atoms with Gasteiger partial charge in [0.1, 0.15) is 36.1 Å². The Balaban J connectivity index is 1.39. The average Bonchev–Trinajstić information content (AvgIpc) is 3.59. The van der Waals surface area contributed by atoms with Crippen LogP contribution in [-0.2, 0) is 17.9 Å². The minimum Gasteiger partial charge on any atom is -0.463 e. The first-order valence-electron chi connectivity index (χ1n) is 10.3. The third-order valence-electron chi connectivity index (χ3n) is 5.33. The zero-order chi connectivity index (χ0) is 24.4. The van der Waals surface area contributed by atoms with Crippen LogP contribution in [0.2, 0.25) is 0 Å². The van der Waals surface area contributed by atoms with E-state index in [1.807, 2.05) is 0 Å².